The van der Waals surface area contributed by atoms with Crippen molar-refractivity contribution in [2.75, 3.05) is 19.6 Å². The maximum absolute atomic E-state index is 12.0. The number of carbonyl (C=O) groups excluding carboxylic acids is 3. The number of rotatable bonds is 7. The molecule has 3 rings (SSSR count). The molecule has 0 radical (unpaired) electrons. The van der Waals surface area contributed by atoms with Crippen LogP contribution in [0.5, 0.6) is 0 Å². The zero-order valence-electron chi connectivity index (χ0n) is 14.8. The van der Waals surface area contributed by atoms with E-state index in [4.69, 9.17) is 4.52 Å². The normalized spacial score (nSPS) is 13.4. The number of amides is 3. The molecule has 1 saturated heterocycles. The fourth-order valence-corrected chi connectivity index (χ4v) is 2.73. The highest BCUT2D eigenvalue weighted by atomic mass is 16.5. The first kappa shape index (κ1) is 18.6. The smallest absolute Gasteiger partial charge is 0.315 e. The second-order valence-electron chi connectivity index (χ2n) is 6.23. The lowest BCUT2D eigenvalue weighted by Gasteiger charge is -2.14. The molecule has 27 heavy (non-hydrogen) atoms. The zero-order valence-corrected chi connectivity index (χ0v) is 14.8. The van der Waals surface area contributed by atoms with Gasteiger partial charge in [-0.25, -0.2) is 0 Å². The molecule has 1 aliphatic rings. The van der Waals surface area contributed by atoms with Gasteiger partial charge >= 0.3 is 11.8 Å². The van der Waals surface area contributed by atoms with E-state index < -0.39 is 5.91 Å². The van der Waals surface area contributed by atoms with Gasteiger partial charge in [0.25, 0.3) is 0 Å². The van der Waals surface area contributed by atoms with Crippen LogP contribution in [0.15, 0.2) is 34.9 Å². The second kappa shape index (κ2) is 8.93. The van der Waals surface area contributed by atoms with Crippen LogP contribution in [0, 0.1) is 0 Å². The van der Waals surface area contributed by atoms with Gasteiger partial charge in [-0.1, -0.05) is 35.5 Å². The minimum absolute atomic E-state index is 0.101. The number of likely N-dealkylation sites (tertiary alicyclic amines) is 1. The molecule has 0 atom stereocenters. The van der Waals surface area contributed by atoms with Crippen molar-refractivity contribution in [2.24, 2.45) is 0 Å². The third-order valence-corrected chi connectivity index (χ3v) is 4.17. The second-order valence-corrected chi connectivity index (χ2v) is 6.23. The molecule has 1 aromatic heterocycles. The molecule has 1 aromatic carbocycles. The van der Waals surface area contributed by atoms with Gasteiger partial charge < -0.3 is 20.1 Å². The predicted octanol–water partition coefficient (Wildman–Crippen LogP) is 0.281. The van der Waals surface area contributed by atoms with Crippen molar-refractivity contribution in [2.45, 2.75) is 25.8 Å². The minimum atomic E-state index is -0.633. The third-order valence-electron chi connectivity index (χ3n) is 4.17. The molecule has 0 aliphatic carbocycles. The quantitative estimate of drug-likeness (QED) is 0.722. The maximum atomic E-state index is 12.0. The fourth-order valence-electron chi connectivity index (χ4n) is 2.73. The molecule has 2 heterocycles. The Morgan fingerprint density at radius 2 is 1.81 bits per heavy atom. The van der Waals surface area contributed by atoms with Crippen molar-refractivity contribution in [1.29, 1.82) is 0 Å². The molecular formula is C18H21N5O4. The van der Waals surface area contributed by atoms with Crippen molar-refractivity contribution in [1.82, 2.24) is 25.7 Å². The van der Waals surface area contributed by atoms with Crippen LogP contribution >= 0.6 is 0 Å². The number of aromatic nitrogens is 2. The average Bonchev–Trinajstić information content (AvgIpc) is 3.37. The zero-order chi connectivity index (χ0) is 19.1. The Labute approximate surface area is 156 Å². The van der Waals surface area contributed by atoms with E-state index in [2.05, 4.69) is 20.8 Å². The van der Waals surface area contributed by atoms with E-state index in [0.29, 0.717) is 6.54 Å². The first-order chi connectivity index (χ1) is 13.1. The molecule has 1 fully saturated rings. The predicted molar refractivity (Wildman–Crippen MR) is 94.4 cm³/mol. The van der Waals surface area contributed by atoms with Crippen LogP contribution < -0.4 is 10.6 Å². The highest BCUT2D eigenvalue weighted by Gasteiger charge is 2.21. The summed E-state index contributed by atoms with van der Waals surface area (Å²) < 4.78 is 4.87. The van der Waals surface area contributed by atoms with Crippen LogP contribution in [0.2, 0.25) is 0 Å². The van der Waals surface area contributed by atoms with E-state index in [1.165, 1.54) is 0 Å². The van der Waals surface area contributed by atoms with E-state index in [-0.39, 0.29) is 36.5 Å². The molecule has 9 heteroatoms. The van der Waals surface area contributed by atoms with Crippen LogP contribution in [0.3, 0.4) is 0 Å². The Morgan fingerprint density at radius 3 is 2.56 bits per heavy atom. The van der Waals surface area contributed by atoms with Crippen LogP contribution in [0.1, 0.15) is 34.9 Å². The average molecular weight is 371 g/mol. The molecule has 0 saturated carbocycles. The largest absolute Gasteiger partial charge is 0.352 e. The lowest BCUT2D eigenvalue weighted by molar-refractivity contribution is -0.129. The van der Waals surface area contributed by atoms with Crippen LogP contribution in [-0.2, 0) is 22.6 Å². The molecule has 9 nitrogen and oxygen atoms in total. The number of carbonyl (C=O) groups is 3. The summed E-state index contributed by atoms with van der Waals surface area (Å²) in [4.78, 5) is 41.5. The SMILES string of the molecule is O=C(Cc1noc(C(=O)NCC(=O)N2CCCC2)n1)NCc1ccccc1. The van der Waals surface area contributed by atoms with Crippen molar-refractivity contribution in [3.8, 4) is 0 Å². The molecular weight excluding hydrogens is 350 g/mol. The molecule has 1 aliphatic heterocycles. The summed E-state index contributed by atoms with van der Waals surface area (Å²) in [5, 5.41) is 8.84. The van der Waals surface area contributed by atoms with Gasteiger partial charge in [-0.15, -0.1) is 0 Å². The van der Waals surface area contributed by atoms with Gasteiger partial charge in [0.15, 0.2) is 5.82 Å². The molecule has 2 aromatic rings. The number of benzene rings is 1. The highest BCUT2D eigenvalue weighted by molar-refractivity contribution is 5.92. The maximum Gasteiger partial charge on any atom is 0.315 e. The van der Waals surface area contributed by atoms with Crippen molar-refractivity contribution in [3.05, 3.63) is 47.6 Å². The van der Waals surface area contributed by atoms with Crippen molar-refractivity contribution < 1.29 is 18.9 Å². The van der Waals surface area contributed by atoms with Gasteiger partial charge in [0.1, 0.15) is 0 Å². The Kier molecular flexibility index (Phi) is 6.14. The lowest BCUT2D eigenvalue weighted by Crippen LogP contribution is -2.38. The van der Waals surface area contributed by atoms with Crippen molar-refractivity contribution in [3.63, 3.8) is 0 Å². The number of nitrogens with one attached hydrogen (secondary N) is 2. The Bertz CT molecular complexity index is 799. The summed E-state index contributed by atoms with van der Waals surface area (Å²) in [5.74, 6) is -1.21. The van der Waals surface area contributed by atoms with E-state index in [1.54, 1.807) is 4.90 Å². The van der Waals surface area contributed by atoms with Crippen LogP contribution in [-0.4, -0.2) is 52.4 Å². The summed E-state index contributed by atoms with van der Waals surface area (Å²) in [6.07, 6.45) is 1.87. The van der Waals surface area contributed by atoms with Crippen LogP contribution in [0.25, 0.3) is 0 Å². The van der Waals surface area contributed by atoms with Gasteiger partial charge in [0.05, 0.1) is 13.0 Å². The molecule has 0 bridgehead atoms. The molecule has 0 spiro atoms. The highest BCUT2D eigenvalue weighted by Crippen LogP contribution is 2.07. The molecule has 142 valence electrons. The Hall–Kier alpha value is -3.23. The van der Waals surface area contributed by atoms with E-state index in [1.807, 2.05) is 30.3 Å². The summed E-state index contributed by atoms with van der Waals surface area (Å²) in [6, 6.07) is 9.48. The van der Waals surface area contributed by atoms with Crippen molar-refractivity contribution >= 4 is 17.7 Å². The number of nitrogens with zero attached hydrogens (tertiary/aromatic N) is 3. The van der Waals surface area contributed by atoms with Gasteiger partial charge in [-0.05, 0) is 18.4 Å². The first-order valence-corrected chi connectivity index (χ1v) is 8.81. The Balaban J connectivity index is 1.43. The summed E-state index contributed by atoms with van der Waals surface area (Å²) in [7, 11) is 0. The monoisotopic (exact) mass is 371 g/mol. The summed E-state index contributed by atoms with van der Waals surface area (Å²) in [5.41, 5.74) is 0.974. The Morgan fingerprint density at radius 1 is 1.07 bits per heavy atom. The van der Waals surface area contributed by atoms with Gasteiger partial charge in [-0.2, -0.15) is 4.98 Å². The summed E-state index contributed by atoms with van der Waals surface area (Å²) >= 11 is 0. The molecule has 3 amide bonds. The van der Waals surface area contributed by atoms with E-state index >= 15 is 0 Å². The van der Waals surface area contributed by atoms with E-state index in [0.717, 1.165) is 31.5 Å². The van der Waals surface area contributed by atoms with Gasteiger partial charge in [-0.3, -0.25) is 14.4 Å². The van der Waals surface area contributed by atoms with Gasteiger partial charge in [0, 0.05) is 19.6 Å². The standard InChI is InChI=1S/C18H21N5O4/c24-15(19-11-13-6-2-1-3-7-13)10-14-21-18(27-22-14)17(26)20-12-16(25)23-8-4-5-9-23/h1-3,6-7H,4-5,8-12H2,(H,19,24)(H,20,26). The van der Waals surface area contributed by atoms with Gasteiger partial charge in [0.2, 0.25) is 11.8 Å². The van der Waals surface area contributed by atoms with E-state index in [9.17, 15) is 14.4 Å². The molecule has 0 unspecified atom stereocenters. The fraction of sp³-hybridized carbons (Fsp3) is 0.389. The first-order valence-electron chi connectivity index (χ1n) is 8.81. The topological polar surface area (TPSA) is 117 Å². The number of hydrogen-bond acceptors (Lipinski definition) is 6. The lowest BCUT2D eigenvalue weighted by atomic mass is 10.2. The van der Waals surface area contributed by atoms with Crippen LogP contribution in [0.4, 0.5) is 0 Å². The summed E-state index contributed by atoms with van der Waals surface area (Å²) in [6.45, 7) is 1.71. The molecule has 2 N–H and O–H groups in total. The third kappa shape index (κ3) is 5.37. The number of hydrogen-bond donors (Lipinski definition) is 2. The minimum Gasteiger partial charge on any atom is -0.352 e.